The second-order valence-corrected chi connectivity index (χ2v) is 19.6. The van der Waals surface area contributed by atoms with Crippen LogP contribution in [0.3, 0.4) is 0 Å². The van der Waals surface area contributed by atoms with E-state index in [0.29, 0.717) is 70.5 Å². The van der Waals surface area contributed by atoms with E-state index in [1.807, 2.05) is 17.6 Å². The van der Waals surface area contributed by atoms with Crippen molar-refractivity contribution in [1.29, 1.82) is 0 Å². The Hall–Kier alpha value is -4.02. The van der Waals surface area contributed by atoms with Crippen LogP contribution in [0, 0.1) is 0 Å². The molecule has 4 rings (SSSR count). The number of allylic oxidation sites excluding steroid dienone is 4. The molecule has 1 aromatic heterocycles. The molecule has 306 valence electrons. The Morgan fingerprint density at radius 3 is 2.05 bits per heavy atom. The molecule has 0 bridgehead atoms. The Morgan fingerprint density at radius 1 is 0.768 bits per heavy atom. The molecule has 0 aliphatic carbocycles. The monoisotopic (exact) mass is 857 g/mol. The maximum absolute atomic E-state index is 12.2. The molecule has 0 fully saturated rings. The second-order valence-electron chi connectivity index (χ2n) is 13.6. The Kier molecular flexibility index (Phi) is 14.4. The number of aromatic amines is 1. The summed E-state index contributed by atoms with van der Waals surface area (Å²) in [6, 6.07) is 8.22. The molecule has 20 heteroatoms. The Bertz CT molecular complexity index is 2640. The topological polar surface area (TPSA) is 274 Å². The minimum Gasteiger partial charge on any atom is -0.481 e. The van der Waals surface area contributed by atoms with Gasteiger partial charge in [0.15, 0.2) is 5.71 Å². The predicted molar refractivity (Wildman–Crippen MR) is 210 cm³/mol. The zero-order valence-corrected chi connectivity index (χ0v) is 33.7. The Morgan fingerprint density at radius 2 is 1.41 bits per heavy atom. The number of hydrogen-bond donors (Lipinski definition) is 6. The van der Waals surface area contributed by atoms with E-state index < -0.39 is 63.4 Å². The summed E-state index contributed by atoms with van der Waals surface area (Å²) in [5.41, 5.74) is 1.62. The highest BCUT2D eigenvalue weighted by Gasteiger charge is 2.47. The molecular formula is C36H45N2O14S4+. The fourth-order valence-corrected chi connectivity index (χ4v) is 8.90. The van der Waals surface area contributed by atoms with Gasteiger partial charge in [0.05, 0.1) is 26.7 Å². The summed E-state index contributed by atoms with van der Waals surface area (Å²) in [6.07, 6.45) is 13.1. The van der Waals surface area contributed by atoms with Gasteiger partial charge >= 0.3 is 5.97 Å². The van der Waals surface area contributed by atoms with Crippen LogP contribution in [0.15, 0.2) is 70.5 Å². The van der Waals surface area contributed by atoms with Gasteiger partial charge in [-0.1, -0.05) is 37.1 Å². The van der Waals surface area contributed by atoms with Gasteiger partial charge in [0.25, 0.3) is 40.5 Å². The van der Waals surface area contributed by atoms with Crippen molar-refractivity contribution in [3.8, 4) is 0 Å². The lowest BCUT2D eigenvalue weighted by atomic mass is 9.75. The van der Waals surface area contributed by atoms with E-state index in [0.717, 1.165) is 0 Å². The number of carboxylic acids is 1. The molecule has 2 heterocycles. The Balaban J connectivity index is 1.78. The molecule has 56 heavy (non-hydrogen) atoms. The van der Waals surface area contributed by atoms with Crippen LogP contribution in [0.2, 0.25) is 0 Å². The van der Waals surface area contributed by atoms with Gasteiger partial charge in [0, 0.05) is 52.0 Å². The number of aliphatic carboxylic acids is 1. The highest BCUT2D eigenvalue weighted by atomic mass is 32.2. The number of carbonyl (C=O) groups is 1. The molecule has 0 radical (unpaired) electrons. The first-order valence-electron chi connectivity index (χ1n) is 17.5. The van der Waals surface area contributed by atoms with Gasteiger partial charge in [-0.15, -0.1) is 0 Å². The van der Waals surface area contributed by atoms with Crippen LogP contribution in [0.1, 0.15) is 70.3 Å². The second kappa shape index (κ2) is 18.1. The fourth-order valence-electron chi connectivity index (χ4n) is 6.78. The summed E-state index contributed by atoms with van der Waals surface area (Å²) >= 11 is 0. The van der Waals surface area contributed by atoms with Gasteiger partial charge in [-0.25, -0.2) is 0 Å². The van der Waals surface area contributed by atoms with Crippen LogP contribution in [-0.4, -0.2) is 96.3 Å². The molecule has 0 spiro atoms. The molecule has 1 atom stereocenters. The molecule has 6 N–H and O–H groups in total. The summed E-state index contributed by atoms with van der Waals surface area (Å²) in [5.74, 6) is -1.86. The highest BCUT2D eigenvalue weighted by molar-refractivity contribution is 7.86. The number of nitrogens with one attached hydrogen (secondary N) is 1. The first kappa shape index (κ1) is 44.7. The van der Waals surface area contributed by atoms with Crippen molar-refractivity contribution in [2.75, 3.05) is 18.1 Å². The lowest BCUT2D eigenvalue weighted by Crippen LogP contribution is -2.31. The number of benzene rings is 2. The fraction of sp³-hybridized carbons (Fsp3) is 0.389. The SMILES string of the molecule is CC1(CCCCCC(=O)O)C(/C=C/C=C/C=c2/[nH]c3ccc(S(=O)(=O)O)cc3/c2=C\CCCS(=O)(=O)O)=[N+](CCCCS(=O)(=O)O)c2ccc(S(=O)(=O)O)cc21. The average molecular weight is 858 g/mol. The minimum absolute atomic E-state index is 0.0139. The van der Waals surface area contributed by atoms with Crippen molar-refractivity contribution in [2.45, 2.75) is 79.9 Å². The van der Waals surface area contributed by atoms with Gasteiger partial charge < -0.3 is 10.1 Å². The summed E-state index contributed by atoms with van der Waals surface area (Å²) in [5, 5.41) is 10.6. The van der Waals surface area contributed by atoms with Crippen molar-refractivity contribution >= 4 is 80.9 Å². The predicted octanol–water partition coefficient (Wildman–Crippen LogP) is 3.76. The summed E-state index contributed by atoms with van der Waals surface area (Å²) in [7, 11) is -17.5. The van der Waals surface area contributed by atoms with Gasteiger partial charge in [0.1, 0.15) is 6.54 Å². The van der Waals surface area contributed by atoms with Gasteiger partial charge in [-0.3, -0.25) is 23.0 Å². The van der Waals surface area contributed by atoms with Crippen LogP contribution in [0.5, 0.6) is 0 Å². The van der Waals surface area contributed by atoms with Crippen molar-refractivity contribution < 1.29 is 66.4 Å². The largest absolute Gasteiger partial charge is 0.481 e. The van der Waals surface area contributed by atoms with E-state index in [1.165, 1.54) is 30.3 Å². The standard InChI is InChI=1S/C36H44N2O14S4/c1-36(20-8-3-6-15-35(39)40)30-25-27(56(50,51)52)17-19-33(30)38(21-9-11-23-54(44,45)46)34(36)14-5-2-4-13-31-28(12-7-10-22-53(41,42)43)29-24-26(55(47,48)49)16-18-32(29)37-31/h2,4-5,12-14,16-19,24-25H,3,6-11,15,20-23H2,1H3,(H5,39,40,41,42,43,44,45,46,47,48,49,50,51,52)/p+1/b28-12+. The van der Waals surface area contributed by atoms with Crippen molar-refractivity contribution in [2.24, 2.45) is 0 Å². The molecule has 1 aliphatic rings. The number of carboxylic acid groups (broad SMARTS) is 1. The summed E-state index contributed by atoms with van der Waals surface area (Å²) in [6.45, 7) is 2.19. The van der Waals surface area contributed by atoms with Gasteiger partial charge in [-0.2, -0.15) is 38.2 Å². The molecular weight excluding hydrogens is 813 g/mol. The van der Waals surface area contributed by atoms with Crippen LogP contribution >= 0.6 is 0 Å². The molecule has 16 nitrogen and oxygen atoms in total. The third kappa shape index (κ3) is 12.2. The van der Waals surface area contributed by atoms with E-state index in [2.05, 4.69) is 4.98 Å². The number of H-pyrrole nitrogens is 1. The van der Waals surface area contributed by atoms with Crippen molar-refractivity contribution in [1.82, 2.24) is 4.98 Å². The lowest BCUT2D eigenvalue weighted by Gasteiger charge is -2.22. The molecule has 0 saturated carbocycles. The number of fused-ring (bicyclic) bond motifs is 2. The molecule has 0 saturated heterocycles. The van der Waals surface area contributed by atoms with Crippen LogP contribution in [-0.2, 0) is 50.7 Å². The molecule has 1 unspecified atom stereocenters. The summed E-state index contributed by atoms with van der Waals surface area (Å²) in [4.78, 5) is 13.6. The van der Waals surface area contributed by atoms with E-state index in [4.69, 9.17) is 9.66 Å². The normalized spacial score (nSPS) is 17.6. The van der Waals surface area contributed by atoms with Crippen LogP contribution in [0.25, 0.3) is 23.1 Å². The quantitative estimate of drug-likeness (QED) is 0.0409. The van der Waals surface area contributed by atoms with E-state index in [1.54, 1.807) is 36.4 Å². The smallest absolute Gasteiger partial charge is 0.303 e. The first-order valence-corrected chi connectivity index (χ1v) is 23.6. The van der Waals surface area contributed by atoms with Crippen LogP contribution in [0.4, 0.5) is 5.69 Å². The molecule has 0 amide bonds. The Labute approximate surface area is 325 Å². The lowest BCUT2D eigenvalue weighted by molar-refractivity contribution is -0.438. The van der Waals surface area contributed by atoms with Crippen molar-refractivity contribution in [3.63, 3.8) is 0 Å². The van der Waals surface area contributed by atoms with Crippen molar-refractivity contribution in [3.05, 3.63) is 76.8 Å². The number of aromatic nitrogens is 1. The third-order valence-electron chi connectivity index (χ3n) is 9.44. The zero-order valence-electron chi connectivity index (χ0n) is 30.4. The van der Waals surface area contributed by atoms with E-state index in [-0.39, 0.29) is 42.0 Å². The zero-order chi connectivity index (χ0) is 41.5. The molecule has 2 aromatic carbocycles. The first-order chi connectivity index (χ1) is 26.0. The summed E-state index contributed by atoms with van der Waals surface area (Å²) < 4.78 is 133. The minimum atomic E-state index is -4.58. The number of unbranched alkanes of at least 4 members (excludes halogenated alkanes) is 4. The number of nitrogens with zero attached hydrogens (tertiary/aromatic N) is 1. The van der Waals surface area contributed by atoms with Gasteiger partial charge in [-0.05, 0) is 75.4 Å². The molecule has 3 aromatic rings. The van der Waals surface area contributed by atoms with Crippen LogP contribution < -0.4 is 10.6 Å². The maximum Gasteiger partial charge on any atom is 0.303 e. The average Bonchev–Trinajstić information content (AvgIpc) is 3.53. The molecule has 1 aliphatic heterocycles. The van der Waals surface area contributed by atoms with Gasteiger partial charge in [0.2, 0.25) is 5.69 Å². The van der Waals surface area contributed by atoms with E-state index >= 15 is 0 Å². The third-order valence-corrected chi connectivity index (χ3v) is 12.7. The number of hydrogen-bond acceptors (Lipinski definition) is 9. The highest BCUT2D eigenvalue weighted by Crippen LogP contribution is 2.44. The van der Waals surface area contributed by atoms with E-state index in [9.17, 15) is 52.1 Å². The number of rotatable bonds is 20. The maximum atomic E-state index is 12.2.